The zero-order valence-electron chi connectivity index (χ0n) is 14.7. The molecule has 2 aromatic rings. The molecule has 3 rings (SSSR count). The normalized spacial score (nSPS) is 15.4. The summed E-state index contributed by atoms with van der Waals surface area (Å²) in [5, 5.41) is 13.7. The van der Waals surface area contributed by atoms with Gasteiger partial charge in [-0.15, -0.1) is 0 Å². The Bertz CT molecular complexity index is 810. The minimum Gasteiger partial charge on any atom is -0.325 e. The van der Waals surface area contributed by atoms with Crippen molar-refractivity contribution in [3.63, 3.8) is 0 Å². The molecule has 1 amide bonds. The Morgan fingerprint density at radius 2 is 1.93 bits per heavy atom. The van der Waals surface area contributed by atoms with Gasteiger partial charge in [0.1, 0.15) is 5.02 Å². The van der Waals surface area contributed by atoms with Crippen molar-refractivity contribution in [2.24, 2.45) is 0 Å². The number of benzene rings is 1. The van der Waals surface area contributed by atoms with Gasteiger partial charge < -0.3 is 5.32 Å². The summed E-state index contributed by atoms with van der Waals surface area (Å²) in [4.78, 5) is 31.3. The highest BCUT2D eigenvalue weighted by molar-refractivity contribution is 6.32. The van der Waals surface area contributed by atoms with Crippen LogP contribution in [-0.2, 0) is 11.3 Å². The summed E-state index contributed by atoms with van der Waals surface area (Å²) in [6, 6.07) is 10.1. The van der Waals surface area contributed by atoms with Crippen molar-refractivity contribution in [2.45, 2.75) is 6.54 Å². The predicted molar refractivity (Wildman–Crippen MR) is 103 cm³/mol. The smallest absolute Gasteiger partial charge is 0.289 e. The third-order valence-electron chi connectivity index (χ3n) is 4.37. The second-order valence-electron chi connectivity index (χ2n) is 6.34. The van der Waals surface area contributed by atoms with E-state index in [9.17, 15) is 14.9 Å². The van der Waals surface area contributed by atoms with Crippen molar-refractivity contribution in [1.82, 2.24) is 14.8 Å². The van der Waals surface area contributed by atoms with Crippen LogP contribution >= 0.6 is 11.6 Å². The van der Waals surface area contributed by atoms with E-state index in [1.54, 1.807) is 12.3 Å². The highest BCUT2D eigenvalue weighted by Gasteiger charge is 2.20. The zero-order chi connectivity index (χ0) is 19.2. The second-order valence-corrected chi connectivity index (χ2v) is 6.75. The van der Waals surface area contributed by atoms with Gasteiger partial charge in [0.05, 0.1) is 17.2 Å². The Morgan fingerprint density at radius 1 is 1.19 bits per heavy atom. The number of anilines is 1. The van der Waals surface area contributed by atoms with Crippen molar-refractivity contribution in [3.05, 3.63) is 63.4 Å². The van der Waals surface area contributed by atoms with Crippen LogP contribution < -0.4 is 5.32 Å². The van der Waals surface area contributed by atoms with E-state index < -0.39 is 4.92 Å². The number of nitro benzene ring substituents is 1. The fourth-order valence-corrected chi connectivity index (χ4v) is 3.15. The van der Waals surface area contributed by atoms with Gasteiger partial charge in [0.2, 0.25) is 5.91 Å². The number of halogens is 1. The standard InChI is InChI=1S/C18H20ClN5O3/c19-16-5-4-14(11-17(16)24(26)27)21-18(25)13-23-9-7-22(8-10-23)12-15-3-1-2-6-20-15/h1-6,11H,7-10,12-13H2,(H,21,25). The average molecular weight is 390 g/mol. The van der Waals surface area contributed by atoms with Crippen LogP contribution in [0.2, 0.25) is 5.02 Å². The number of aromatic nitrogens is 1. The van der Waals surface area contributed by atoms with Crippen molar-refractivity contribution >= 4 is 28.9 Å². The van der Waals surface area contributed by atoms with E-state index in [0.717, 1.165) is 38.4 Å². The van der Waals surface area contributed by atoms with E-state index >= 15 is 0 Å². The molecule has 1 aromatic carbocycles. The third kappa shape index (κ3) is 5.46. The number of carbonyl (C=O) groups excluding carboxylic acids is 1. The molecular formula is C18H20ClN5O3. The van der Waals surface area contributed by atoms with Crippen LogP contribution in [0.5, 0.6) is 0 Å². The molecule has 142 valence electrons. The molecule has 1 saturated heterocycles. The summed E-state index contributed by atoms with van der Waals surface area (Å²) >= 11 is 5.78. The first-order chi connectivity index (χ1) is 13.0. The zero-order valence-corrected chi connectivity index (χ0v) is 15.4. The largest absolute Gasteiger partial charge is 0.325 e. The number of rotatable bonds is 6. The fraction of sp³-hybridized carbons (Fsp3) is 0.333. The van der Waals surface area contributed by atoms with E-state index in [1.165, 1.54) is 12.1 Å². The summed E-state index contributed by atoms with van der Waals surface area (Å²) in [6.07, 6.45) is 1.79. The summed E-state index contributed by atoms with van der Waals surface area (Å²) < 4.78 is 0. The first-order valence-corrected chi connectivity index (χ1v) is 8.97. The second kappa shape index (κ2) is 8.90. The van der Waals surface area contributed by atoms with E-state index in [2.05, 4.69) is 20.1 Å². The van der Waals surface area contributed by atoms with Gasteiger partial charge in [-0.05, 0) is 24.3 Å². The van der Waals surface area contributed by atoms with E-state index in [4.69, 9.17) is 11.6 Å². The minimum absolute atomic E-state index is 0.0435. The lowest BCUT2D eigenvalue weighted by atomic mass is 10.2. The Kier molecular flexibility index (Phi) is 6.33. The van der Waals surface area contributed by atoms with Gasteiger partial charge in [-0.25, -0.2) is 0 Å². The fourth-order valence-electron chi connectivity index (χ4n) is 2.96. The number of carbonyl (C=O) groups is 1. The maximum Gasteiger partial charge on any atom is 0.289 e. The van der Waals surface area contributed by atoms with Crippen LogP contribution in [0.25, 0.3) is 0 Å². The van der Waals surface area contributed by atoms with Gasteiger partial charge in [-0.3, -0.25) is 29.7 Å². The molecule has 0 radical (unpaired) electrons. The van der Waals surface area contributed by atoms with Gasteiger partial charge in [0, 0.05) is 50.7 Å². The molecule has 0 spiro atoms. The highest BCUT2D eigenvalue weighted by atomic mass is 35.5. The van der Waals surface area contributed by atoms with Gasteiger partial charge in [-0.1, -0.05) is 17.7 Å². The summed E-state index contributed by atoms with van der Waals surface area (Å²) in [5.74, 6) is -0.204. The molecule has 8 nitrogen and oxygen atoms in total. The van der Waals surface area contributed by atoms with E-state index in [-0.39, 0.29) is 23.2 Å². The van der Waals surface area contributed by atoms with Crippen LogP contribution in [0.4, 0.5) is 11.4 Å². The van der Waals surface area contributed by atoms with Crippen molar-refractivity contribution < 1.29 is 9.72 Å². The summed E-state index contributed by atoms with van der Waals surface area (Å²) in [6.45, 7) is 4.32. The first kappa shape index (κ1) is 19.2. The molecule has 1 aliphatic rings. The first-order valence-electron chi connectivity index (χ1n) is 8.59. The van der Waals surface area contributed by atoms with Gasteiger partial charge >= 0.3 is 0 Å². The Labute approximate surface area is 161 Å². The number of nitrogens with zero attached hydrogens (tertiary/aromatic N) is 4. The number of pyridine rings is 1. The van der Waals surface area contributed by atoms with Crippen LogP contribution in [0.15, 0.2) is 42.6 Å². The predicted octanol–water partition coefficient (Wildman–Crippen LogP) is 2.40. The van der Waals surface area contributed by atoms with Crippen molar-refractivity contribution in [2.75, 3.05) is 38.0 Å². The monoisotopic (exact) mass is 389 g/mol. The Balaban J connectivity index is 1.47. The molecule has 2 heterocycles. The average Bonchev–Trinajstić information content (AvgIpc) is 2.65. The molecule has 0 atom stereocenters. The van der Waals surface area contributed by atoms with Crippen molar-refractivity contribution in [1.29, 1.82) is 0 Å². The van der Waals surface area contributed by atoms with Crippen LogP contribution in [0, 0.1) is 10.1 Å². The molecule has 1 N–H and O–H groups in total. The number of hydrogen-bond donors (Lipinski definition) is 1. The van der Waals surface area contributed by atoms with Gasteiger partial charge in [-0.2, -0.15) is 0 Å². The van der Waals surface area contributed by atoms with Crippen LogP contribution in [-0.4, -0.2) is 58.3 Å². The lowest BCUT2D eigenvalue weighted by Crippen LogP contribution is -2.48. The molecular weight excluding hydrogens is 370 g/mol. The Morgan fingerprint density at radius 3 is 2.59 bits per heavy atom. The van der Waals surface area contributed by atoms with Crippen LogP contribution in [0.1, 0.15) is 5.69 Å². The van der Waals surface area contributed by atoms with Crippen LogP contribution in [0.3, 0.4) is 0 Å². The van der Waals surface area contributed by atoms with Crippen molar-refractivity contribution in [3.8, 4) is 0 Å². The molecule has 0 aliphatic carbocycles. The van der Waals surface area contributed by atoms with Gasteiger partial charge in [0.25, 0.3) is 5.69 Å². The molecule has 0 saturated carbocycles. The van der Waals surface area contributed by atoms with E-state index in [1.807, 2.05) is 18.2 Å². The SMILES string of the molecule is O=C(CN1CCN(Cc2ccccn2)CC1)Nc1ccc(Cl)c([N+](=O)[O-])c1. The summed E-state index contributed by atoms with van der Waals surface area (Å²) in [5.41, 5.74) is 1.18. The number of nitro groups is 1. The molecule has 1 aliphatic heterocycles. The maximum absolute atomic E-state index is 12.2. The Hall–Kier alpha value is -2.55. The number of piperazine rings is 1. The highest BCUT2D eigenvalue weighted by Crippen LogP contribution is 2.27. The molecule has 0 unspecified atom stereocenters. The molecule has 1 fully saturated rings. The van der Waals surface area contributed by atoms with E-state index in [0.29, 0.717) is 5.69 Å². The number of nitrogens with one attached hydrogen (secondary N) is 1. The lowest BCUT2D eigenvalue weighted by Gasteiger charge is -2.34. The third-order valence-corrected chi connectivity index (χ3v) is 4.69. The molecule has 27 heavy (non-hydrogen) atoms. The molecule has 0 bridgehead atoms. The summed E-state index contributed by atoms with van der Waals surface area (Å²) in [7, 11) is 0. The van der Waals surface area contributed by atoms with Gasteiger partial charge in [0.15, 0.2) is 0 Å². The number of amides is 1. The quantitative estimate of drug-likeness (QED) is 0.602. The molecule has 9 heteroatoms. The minimum atomic E-state index is -0.571. The molecule has 1 aromatic heterocycles. The lowest BCUT2D eigenvalue weighted by molar-refractivity contribution is -0.384. The maximum atomic E-state index is 12.2. The number of hydrogen-bond acceptors (Lipinski definition) is 6. The topological polar surface area (TPSA) is 91.6 Å².